The molecule has 1 N–H and O–H groups in total. The summed E-state index contributed by atoms with van der Waals surface area (Å²) in [6, 6.07) is 9.80. The van der Waals surface area contributed by atoms with Crippen molar-refractivity contribution < 1.29 is 14.7 Å². The Morgan fingerprint density at radius 2 is 1.95 bits per heavy atom. The van der Waals surface area contributed by atoms with Crippen molar-refractivity contribution in [1.82, 2.24) is 4.90 Å². The van der Waals surface area contributed by atoms with Crippen LogP contribution in [0.15, 0.2) is 30.3 Å². The predicted molar refractivity (Wildman–Crippen MR) is 86.3 cm³/mol. The Morgan fingerprint density at radius 3 is 2.57 bits per heavy atom. The molecule has 116 valence electrons. The molecule has 0 atom stereocenters. The summed E-state index contributed by atoms with van der Waals surface area (Å²) in [7, 11) is 0. The van der Waals surface area contributed by atoms with Crippen LogP contribution in [0.5, 0.6) is 0 Å². The second-order valence-corrected chi connectivity index (χ2v) is 5.96. The number of hydrogen-bond acceptors (Lipinski definition) is 3. The van der Waals surface area contributed by atoms with E-state index in [4.69, 9.17) is 5.11 Å². The first-order valence-corrected chi connectivity index (χ1v) is 8.40. The number of amides is 1. The summed E-state index contributed by atoms with van der Waals surface area (Å²) >= 11 is 1.63. The number of nitrogens with zero attached hydrogens (tertiary/aromatic N) is 1. The summed E-state index contributed by atoms with van der Waals surface area (Å²) < 4.78 is 0. The molecule has 0 saturated carbocycles. The van der Waals surface area contributed by atoms with E-state index in [-0.39, 0.29) is 12.3 Å². The maximum atomic E-state index is 12.3. The Hall–Kier alpha value is -1.49. The Morgan fingerprint density at radius 1 is 1.24 bits per heavy atom. The van der Waals surface area contributed by atoms with E-state index in [1.54, 1.807) is 16.7 Å². The minimum atomic E-state index is -0.817. The molecule has 0 heterocycles. The van der Waals surface area contributed by atoms with Crippen LogP contribution in [-0.4, -0.2) is 39.9 Å². The van der Waals surface area contributed by atoms with Crippen molar-refractivity contribution in [3.63, 3.8) is 0 Å². The maximum Gasteiger partial charge on any atom is 0.303 e. The van der Waals surface area contributed by atoms with Gasteiger partial charge in [-0.2, -0.15) is 11.8 Å². The van der Waals surface area contributed by atoms with Crippen LogP contribution in [0.25, 0.3) is 0 Å². The van der Waals surface area contributed by atoms with Gasteiger partial charge in [0.1, 0.15) is 0 Å². The molecule has 0 aliphatic carbocycles. The van der Waals surface area contributed by atoms with Crippen molar-refractivity contribution in [3.8, 4) is 0 Å². The Bertz CT molecular complexity index is 436. The second-order valence-electron chi connectivity index (χ2n) is 4.85. The van der Waals surface area contributed by atoms with Crippen molar-refractivity contribution >= 4 is 23.6 Å². The van der Waals surface area contributed by atoms with Crippen LogP contribution in [0.3, 0.4) is 0 Å². The lowest BCUT2D eigenvalue weighted by molar-refractivity contribution is -0.138. The number of aliphatic carboxylic acids is 1. The summed E-state index contributed by atoms with van der Waals surface area (Å²) in [5.41, 5.74) is 1.07. The van der Waals surface area contributed by atoms with Crippen LogP contribution >= 0.6 is 11.8 Å². The van der Waals surface area contributed by atoms with E-state index in [1.165, 1.54) is 0 Å². The summed E-state index contributed by atoms with van der Waals surface area (Å²) in [5, 5.41) is 8.72. The van der Waals surface area contributed by atoms with Crippen LogP contribution < -0.4 is 0 Å². The van der Waals surface area contributed by atoms with Gasteiger partial charge >= 0.3 is 5.97 Å². The van der Waals surface area contributed by atoms with E-state index in [1.807, 2.05) is 30.3 Å². The lowest BCUT2D eigenvalue weighted by Gasteiger charge is -2.22. The van der Waals surface area contributed by atoms with Gasteiger partial charge in [-0.1, -0.05) is 37.3 Å². The van der Waals surface area contributed by atoms with E-state index >= 15 is 0 Å². The fraction of sp³-hybridized carbons (Fsp3) is 0.500. The largest absolute Gasteiger partial charge is 0.481 e. The molecule has 0 unspecified atom stereocenters. The lowest BCUT2D eigenvalue weighted by Crippen LogP contribution is -2.33. The predicted octanol–water partition coefficient (Wildman–Crippen LogP) is 3.02. The highest BCUT2D eigenvalue weighted by molar-refractivity contribution is 7.99. The zero-order valence-corrected chi connectivity index (χ0v) is 13.3. The van der Waals surface area contributed by atoms with Crippen molar-refractivity contribution in [2.45, 2.75) is 32.7 Å². The van der Waals surface area contributed by atoms with Gasteiger partial charge in [-0.3, -0.25) is 9.59 Å². The molecule has 4 nitrogen and oxygen atoms in total. The van der Waals surface area contributed by atoms with E-state index in [9.17, 15) is 9.59 Å². The zero-order valence-electron chi connectivity index (χ0n) is 12.5. The second kappa shape index (κ2) is 10.3. The van der Waals surface area contributed by atoms with Gasteiger partial charge in [0.2, 0.25) is 5.91 Å². The average Bonchev–Trinajstić information content (AvgIpc) is 2.47. The van der Waals surface area contributed by atoms with Gasteiger partial charge in [-0.15, -0.1) is 0 Å². The fourth-order valence-electron chi connectivity index (χ4n) is 1.91. The topological polar surface area (TPSA) is 57.6 Å². The SMILES string of the molecule is CCCSCC(=O)N(CCCC(=O)O)Cc1ccccc1. The molecule has 0 aromatic heterocycles. The van der Waals surface area contributed by atoms with Crippen LogP contribution in [0.1, 0.15) is 31.7 Å². The Balaban J connectivity index is 2.55. The van der Waals surface area contributed by atoms with Gasteiger partial charge < -0.3 is 10.0 Å². The Kier molecular flexibility index (Phi) is 8.59. The summed E-state index contributed by atoms with van der Waals surface area (Å²) in [5.74, 6) is 0.707. The first kappa shape index (κ1) is 17.6. The van der Waals surface area contributed by atoms with Crippen molar-refractivity contribution in [3.05, 3.63) is 35.9 Å². The first-order chi connectivity index (χ1) is 10.1. The summed E-state index contributed by atoms with van der Waals surface area (Å²) in [6.07, 6.45) is 1.64. The van der Waals surface area contributed by atoms with E-state index in [0.29, 0.717) is 25.3 Å². The summed E-state index contributed by atoms with van der Waals surface area (Å²) in [6.45, 7) is 3.13. The summed E-state index contributed by atoms with van der Waals surface area (Å²) in [4.78, 5) is 24.6. The highest BCUT2D eigenvalue weighted by atomic mass is 32.2. The first-order valence-electron chi connectivity index (χ1n) is 7.24. The third-order valence-electron chi connectivity index (χ3n) is 2.96. The third kappa shape index (κ3) is 7.75. The molecule has 5 heteroatoms. The molecule has 1 aromatic carbocycles. The molecule has 0 fully saturated rings. The van der Waals surface area contributed by atoms with Gasteiger partial charge in [0, 0.05) is 19.5 Å². The monoisotopic (exact) mass is 309 g/mol. The van der Waals surface area contributed by atoms with Crippen LogP contribution in [0, 0.1) is 0 Å². The Labute approximate surface area is 130 Å². The van der Waals surface area contributed by atoms with Gasteiger partial charge in [0.15, 0.2) is 0 Å². The quantitative estimate of drug-likeness (QED) is 0.675. The number of rotatable bonds is 10. The number of carboxylic acids is 1. The van der Waals surface area contributed by atoms with E-state index in [2.05, 4.69) is 6.92 Å². The molecule has 0 spiro atoms. The van der Waals surface area contributed by atoms with Crippen molar-refractivity contribution in [1.29, 1.82) is 0 Å². The van der Waals surface area contributed by atoms with Crippen LogP contribution in [0.2, 0.25) is 0 Å². The van der Waals surface area contributed by atoms with Gasteiger partial charge in [-0.05, 0) is 24.2 Å². The zero-order chi connectivity index (χ0) is 15.5. The molecule has 0 saturated heterocycles. The van der Waals surface area contributed by atoms with Gasteiger partial charge in [0.05, 0.1) is 5.75 Å². The molecule has 1 aromatic rings. The minimum absolute atomic E-state index is 0.0858. The van der Waals surface area contributed by atoms with Crippen LogP contribution in [0.4, 0.5) is 0 Å². The number of hydrogen-bond donors (Lipinski definition) is 1. The molecular weight excluding hydrogens is 286 g/mol. The molecule has 1 rings (SSSR count). The molecule has 0 bridgehead atoms. The third-order valence-corrected chi connectivity index (χ3v) is 4.11. The minimum Gasteiger partial charge on any atom is -0.481 e. The van der Waals surface area contributed by atoms with Gasteiger partial charge in [-0.25, -0.2) is 0 Å². The number of benzene rings is 1. The highest BCUT2D eigenvalue weighted by Gasteiger charge is 2.14. The number of carbonyl (C=O) groups is 2. The van der Waals surface area contributed by atoms with Gasteiger partial charge in [0.25, 0.3) is 0 Å². The maximum absolute atomic E-state index is 12.3. The number of carboxylic acid groups (broad SMARTS) is 1. The average molecular weight is 309 g/mol. The molecule has 0 aliphatic rings. The molecule has 1 amide bonds. The molecular formula is C16H23NO3S. The molecule has 21 heavy (non-hydrogen) atoms. The van der Waals surface area contributed by atoms with E-state index in [0.717, 1.165) is 17.7 Å². The highest BCUT2D eigenvalue weighted by Crippen LogP contribution is 2.10. The van der Waals surface area contributed by atoms with Crippen LogP contribution in [-0.2, 0) is 16.1 Å². The molecule has 0 radical (unpaired) electrons. The molecule has 0 aliphatic heterocycles. The number of carbonyl (C=O) groups excluding carboxylic acids is 1. The lowest BCUT2D eigenvalue weighted by atomic mass is 10.2. The normalized spacial score (nSPS) is 10.3. The van der Waals surface area contributed by atoms with Crippen molar-refractivity contribution in [2.75, 3.05) is 18.1 Å². The van der Waals surface area contributed by atoms with Crippen molar-refractivity contribution in [2.24, 2.45) is 0 Å². The van der Waals surface area contributed by atoms with E-state index < -0.39 is 5.97 Å². The fourth-order valence-corrected chi connectivity index (χ4v) is 2.70. The smallest absolute Gasteiger partial charge is 0.303 e. The number of thioether (sulfide) groups is 1. The standard InChI is InChI=1S/C16H23NO3S/c1-2-11-21-13-15(18)17(10-6-9-16(19)20)12-14-7-4-3-5-8-14/h3-5,7-8H,2,6,9-13H2,1H3,(H,19,20).